The van der Waals surface area contributed by atoms with Crippen LogP contribution in [0.4, 0.5) is 0 Å². The van der Waals surface area contributed by atoms with Gasteiger partial charge in [-0.15, -0.1) is 0 Å². The Morgan fingerprint density at radius 2 is 2.11 bits per heavy atom. The summed E-state index contributed by atoms with van der Waals surface area (Å²) in [6.45, 7) is 0. The largest absolute Gasteiger partial charge is 0.496 e. The molecule has 0 aliphatic carbocycles. The Morgan fingerprint density at radius 3 is 2.78 bits per heavy atom. The van der Waals surface area contributed by atoms with E-state index in [0.717, 1.165) is 12.8 Å². The lowest BCUT2D eigenvalue weighted by molar-refractivity contribution is 0.0903. The summed E-state index contributed by atoms with van der Waals surface area (Å²) in [5, 5.41) is 1.39. The second-order valence-corrected chi connectivity index (χ2v) is 6.67. The lowest BCUT2D eigenvalue weighted by atomic mass is 9.90. The molecular weight excluding hydrogens is 246 g/mol. The Balaban J connectivity index is 1.82. The number of hydrogen-bond donors (Lipinski definition) is 0. The van der Waals surface area contributed by atoms with E-state index in [0.29, 0.717) is 21.8 Å². The van der Waals surface area contributed by atoms with Crippen LogP contribution in [0.15, 0.2) is 18.5 Å². The van der Waals surface area contributed by atoms with Crippen molar-refractivity contribution in [1.29, 1.82) is 0 Å². The van der Waals surface area contributed by atoms with Gasteiger partial charge in [0.2, 0.25) is 0 Å². The number of ether oxygens (including phenoxy) is 1. The maximum atomic E-state index is 12.6. The summed E-state index contributed by atoms with van der Waals surface area (Å²) in [7, 11) is 1.60. The summed E-state index contributed by atoms with van der Waals surface area (Å²) in [5.41, 5.74) is 0.649. The summed E-state index contributed by atoms with van der Waals surface area (Å²) in [6, 6.07) is 1.76. The Morgan fingerprint density at radius 1 is 1.39 bits per heavy atom. The molecule has 2 bridgehead atoms. The third-order valence-electron chi connectivity index (χ3n) is 3.93. The van der Waals surface area contributed by atoms with E-state index in [9.17, 15) is 4.79 Å². The highest BCUT2D eigenvalue weighted by Crippen LogP contribution is 2.46. The van der Waals surface area contributed by atoms with Crippen molar-refractivity contribution in [2.24, 2.45) is 5.92 Å². The van der Waals surface area contributed by atoms with Crippen LogP contribution in [-0.2, 0) is 0 Å². The van der Waals surface area contributed by atoms with E-state index in [1.165, 1.54) is 12.8 Å². The molecule has 1 aromatic rings. The smallest absolute Gasteiger partial charge is 0.171 e. The number of carbonyl (C=O) groups excluding carboxylic acids is 1. The number of Topliss-reactive ketones (excluding diaryl/α,β-unsaturated/α-hetero) is 1. The summed E-state index contributed by atoms with van der Waals surface area (Å²) in [6.07, 6.45) is 7.92. The second kappa shape index (κ2) is 4.92. The molecule has 2 fully saturated rings. The van der Waals surface area contributed by atoms with Crippen LogP contribution in [0, 0.1) is 5.92 Å². The fourth-order valence-corrected chi connectivity index (χ4v) is 4.81. The Hall–Kier alpha value is -1.03. The zero-order valence-corrected chi connectivity index (χ0v) is 11.3. The average Bonchev–Trinajstić information content (AvgIpc) is 2.76. The number of carbonyl (C=O) groups is 1. The standard InChI is InChI=1S/C14H17NO2S/c1-17-13-4-5-15-8-12(13)14(16)9-6-10-2-3-11(7-9)18-10/h4-5,8-11H,2-3,6-7H2,1H3. The van der Waals surface area contributed by atoms with Crippen LogP contribution in [0.2, 0.25) is 0 Å². The van der Waals surface area contributed by atoms with Crippen LogP contribution >= 0.6 is 11.8 Å². The fourth-order valence-electron chi connectivity index (χ4n) is 3.04. The molecule has 2 aliphatic heterocycles. The number of hydrogen-bond acceptors (Lipinski definition) is 4. The molecule has 0 saturated carbocycles. The predicted octanol–water partition coefficient (Wildman–Crippen LogP) is 2.95. The quantitative estimate of drug-likeness (QED) is 0.786. The van der Waals surface area contributed by atoms with Crippen molar-refractivity contribution in [2.75, 3.05) is 7.11 Å². The number of methoxy groups -OCH3 is 1. The molecule has 4 heteroatoms. The van der Waals surface area contributed by atoms with Gasteiger partial charge in [0.25, 0.3) is 0 Å². The van der Waals surface area contributed by atoms with E-state index >= 15 is 0 Å². The summed E-state index contributed by atoms with van der Waals surface area (Å²) >= 11 is 2.08. The van der Waals surface area contributed by atoms with Crippen molar-refractivity contribution in [2.45, 2.75) is 36.2 Å². The van der Waals surface area contributed by atoms with Crippen LogP contribution in [0.3, 0.4) is 0 Å². The number of aromatic nitrogens is 1. The van der Waals surface area contributed by atoms with Crippen molar-refractivity contribution >= 4 is 17.5 Å². The molecule has 2 unspecified atom stereocenters. The maximum absolute atomic E-state index is 12.6. The Bertz CT molecular complexity index is 451. The van der Waals surface area contributed by atoms with Gasteiger partial charge in [-0.25, -0.2) is 0 Å². The number of nitrogens with zero attached hydrogens (tertiary/aromatic N) is 1. The number of thioether (sulfide) groups is 1. The Kier molecular flexibility index (Phi) is 3.29. The van der Waals surface area contributed by atoms with Gasteiger partial charge in [-0.05, 0) is 31.7 Å². The SMILES string of the molecule is COc1ccncc1C(=O)C1CC2CCC(C1)S2. The molecular formula is C14H17NO2S. The van der Waals surface area contributed by atoms with Gasteiger partial charge in [-0.3, -0.25) is 9.78 Å². The monoisotopic (exact) mass is 263 g/mol. The van der Waals surface area contributed by atoms with Crippen molar-refractivity contribution in [3.05, 3.63) is 24.0 Å². The van der Waals surface area contributed by atoms with Crippen LogP contribution in [-0.4, -0.2) is 28.4 Å². The molecule has 18 heavy (non-hydrogen) atoms. The lowest BCUT2D eigenvalue weighted by Gasteiger charge is -2.26. The predicted molar refractivity (Wildman–Crippen MR) is 72.2 cm³/mol. The van der Waals surface area contributed by atoms with Crippen LogP contribution in [0.5, 0.6) is 5.75 Å². The highest BCUT2D eigenvalue weighted by molar-refractivity contribution is 8.00. The van der Waals surface area contributed by atoms with Gasteiger partial charge in [0.1, 0.15) is 5.75 Å². The molecule has 0 amide bonds. The van der Waals surface area contributed by atoms with E-state index in [4.69, 9.17) is 4.74 Å². The zero-order chi connectivity index (χ0) is 12.5. The number of pyridine rings is 1. The molecule has 0 aromatic carbocycles. The van der Waals surface area contributed by atoms with Gasteiger partial charge in [0.05, 0.1) is 12.7 Å². The molecule has 96 valence electrons. The fraction of sp³-hybridized carbons (Fsp3) is 0.571. The van der Waals surface area contributed by atoms with Gasteiger partial charge >= 0.3 is 0 Å². The van der Waals surface area contributed by atoms with E-state index in [2.05, 4.69) is 16.7 Å². The molecule has 3 nitrogen and oxygen atoms in total. The second-order valence-electron chi connectivity index (χ2n) is 5.07. The first-order valence-corrected chi connectivity index (χ1v) is 7.40. The third kappa shape index (κ3) is 2.14. The van der Waals surface area contributed by atoms with Crippen LogP contribution in [0.1, 0.15) is 36.0 Å². The maximum Gasteiger partial charge on any atom is 0.171 e. The first-order chi connectivity index (χ1) is 8.78. The first kappa shape index (κ1) is 12.0. The van der Waals surface area contributed by atoms with Crippen molar-refractivity contribution < 1.29 is 9.53 Å². The molecule has 2 atom stereocenters. The highest BCUT2D eigenvalue weighted by atomic mass is 32.2. The minimum Gasteiger partial charge on any atom is -0.496 e. The summed E-state index contributed by atoms with van der Waals surface area (Å²) in [4.78, 5) is 16.6. The number of fused-ring (bicyclic) bond motifs is 2. The molecule has 3 heterocycles. The number of rotatable bonds is 3. The lowest BCUT2D eigenvalue weighted by Crippen LogP contribution is -2.25. The number of ketones is 1. The molecule has 2 aliphatic rings. The van der Waals surface area contributed by atoms with Gasteiger partial charge in [0.15, 0.2) is 5.78 Å². The van der Waals surface area contributed by atoms with Gasteiger partial charge < -0.3 is 4.74 Å². The van der Waals surface area contributed by atoms with Gasteiger partial charge in [-0.1, -0.05) is 0 Å². The molecule has 3 rings (SSSR count). The van der Waals surface area contributed by atoms with Crippen LogP contribution < -0.4 is 4.74 Å². The average molecular weight is 263 g/mol. The molecule has 0 spiro atoms. The Labute approximate surface area is 111 Å². The van der Waals surface area contributed by atoms with Crippen molar-refractivity contribution in [3.8, 4) is 5.75 Å². The molecule has 0 radical (unpaired) electrons. The van der Waals surface area contributed by atoms with Crippen molar-refractivity contribution in [3.63, 3.8) is 0 Å². The minimum absolute atomic E-state index is 0.168. The summed E-state index contributed by atoms with van der Waals surface area (Å²) < 4.78 is 5.26. The minimum atomic E-state index is 0.168. The van der Waals surface area contributed by atoms with E-state index < -0.39 is 0 Å². The normalized spacial score (nSPS) is 30.2. The molecule has 1 aromatic heterocycles. The topological polar surface area (TPSA) is 39.2 Å². The molecule has 2 saturated heterocycles. The summed E-state index contributed by atoms with van der Waals surface area (Å²) in [5.74, 6) is 1.04. The van der Waals surface area contributed by atoms with E-state index in [1.807, 2.05) is 0 Å². The molecule has 0 N–H and O–H groups in total. The zero-order valence-electron chi connectivity index (χ0n) is 10.5. The van der Waals surface area contributed by atoms with Gasteiger partial charge in [-0.2, -0.15) is 11.8 Å². The third-order valence-corrected chi connectivity index (χ3v) is 5.55. The highest BCUT2D eigenvalue weighted by Gasteiger charge is 2.38. The van der Waals surface area contributed by atoms with Gasteiger partial charge in [0, 0.05) is 28.8 Å². The van der Waals surface area contributed by atoms with Crippen LogP contribution in [0.25, 0.3) is 0 Å². The first-order valence-electron chi connectivity index (χ1n) is 6.45. The van der Waals surface area contributed by atoms with E-state index in [1.54, 1.807) is 25.6 Å². The van der Waals surface area contributed by atoms with E-state index in [-0.39, 0.29) is 11.7 Å². The van der Waals surface area contributed by atoms with Crippen molar-refractivity contribution in [1.82, 2.24) is 4.98 Å².